The second-order valence-corrected chi connectivity index (χ2v) is 7.66. The maximum atomic E-state index is 12.5. The standard InChI is InChI=1S/C19H28N2O.ClH/c1-12(2)13-4-6-14(7-5-13)16-10-17(16)18(22)21-19(3,11-20)15-8-9-15;/h4-7,12,15-17H,8-11,20H2,1-3H3,(H,21,22);1H. The zero-order valence-corrected chi connectivity index (χ0v) is 15.2. The summed E-state index contributed by atoms with van der Waals surface area (Å²) in [6, 6.07) is 8.77. The van der Waals surface area contributed by atoms with E-state index >= 15 is 0 Å². The predicted molar refractivity (Wildman–Crippen MR) is 97.0 cm³/mol. The highest BCUT2D eigenvalue weighted by atomic mass is 35.5. The summed E-state index contributed by atoms with van der Waals surface area (Å²) in [7, 11) is 0. The fourth-order valence-corrected chi connectivity index (χ4v) is 3.40. The number of rotatable bonds is 6. The minimum Gasteiger partial charge on any atom is -0.349 e. The topological polar surface area (TPSA) is 55.1 Å². The molecule has 3 N–H and O–H groups in total. The molecule has 0 saturated heterocycles. The van der Waals surface area contributed by atoms with Gasteiger partial charge >= 0.3 is 0 Å². The number of hydrogen-bond acceptors (Lipinski definition) is 2. The average molecular weight is 337 g/mol. The van der Waals surface area contributed by atoms with Gasteiger partial charge in [0, 0.05) is 12.5 Å². The third-order valence-electron chi connectivity index (χ3n) is 5.47. The zero-order chi connectivity index (χ0) is 15.9. The van der Waals surface area contributed by atoms with Crippen molar-refractivity contribution in [3.8, 4) is 0 Å². The van der Waals surface area contributed by atoms with Crippen molar-refractivity contribution in [1.29, 1.82) is 0 Å². The summed E-state index contributed by atoms with van der Waals surface area (Å²) in [5.74, 6) is 1.84. The van der Waals surface area contributed by atoms with Gasteiger partial charge in [-0.25, -0.2) is 0 Å². The number of nitrogens with two attached hydrogens (primary N) is 1. The van der Waals surface area contributed by atoms with E-state index in [4.69, 9.17) is 5.73 Å². The molecule has 1 aromatic carbocycles. The molecule has 0 bridgehead atoms. The second kappa shape index (κ2) is 6.82. The van der Waals surface area contributed by atoms with Crippen LogP contribution in [0.15, 0.2) is 24.3 Å². The molecule has 1 aromatic rings. The maximum absolute atomic E-state index is 12.5. The fourth-order valence-electron chi connectivity index (χ4n) is 3.40. The molecule has 0 aliphatic heterocycles. The molecule has 0 aromatic heterocycles. The molecule has 1 amide bonds. The molecular formula is C19H29ClN2O. The van der Waals surface area contributed by atoms with E-state index in [1.54, 1.807) is 0 Å². The van der Waals surface area contributed by atoms with Crippen LogP contribution in [0.2, 0.25) is 0 Å². The lowest BCUT2D eigenvalue weighted by Gasteiger charge is -2.29. The molecule has 3 unspecified atom stereocenters. The van der Waals surface area contributed by atoms with E-state index in [9.17, 15) is 4.79 Å². The highest BCUT2D eigenvalue weighted by Gasteiger charge is 2.48. The number of hydrogen-bond donors (Lipinski definition) is 2. The van der Waals surface area contributed by atoms with Crippen LogP contribution in [-0.4, -0.2) is 18.0 Å². The molecule has 2 aliphatic rings. The van der Waals surface area contributed by atoms with E-state index in [1.165, 1.54) is 24.0 Å². The summed E-state index contributed by atoms with van der Waals surface area (Å²) in [4.78, 5) is 12.5. The second-order valence-electron chi connectivity index (χ2n) is 7.66. The van der Waals surface area contributed by atoms with Crippen molar-refractivity contribution in [3.05, 3.63) is 35.4 Å². The molecular weight excluding hydrogens is 308 g/mol. The Morgan fingerprint density at radius 1 is 1.30 bits per heavy atom. The van der Waals surface area contributed by atoms with Crippen molar-refractivity contribution >= 4 is 18.3 Å². The predicted octanol–water partition coefficient (Wildman–Crippen LogP) is 3.58. The summed E-state index contributed by atoms with van der Waals surface area (Å²) in [6.45, 7) is 7.03. The van der Waals surface area contributed by atoms with Crippen molar-refractivity contribution in [2.24, 2.45) is 17.6 Å². The van der Waals surface area contributed by atoms with Crippen LogP contribution in [0.25, 0.3) is 0 Å². The van der Waals surface area contributed by atoms with E-state index in [-0.39, 0.29) is 29.8 Å². The monoisotopic (exact) mass is 336 g/mol. The molecule has 0 radical (unpaired) electrons. The molecule has 3 rings (SSSR count). The number of carbonyl (C=O) groups excluding carboxylic acids is 1. The average Bonchev–Trinajstić information content (AvgIpc) is 3.39. The van der Waals surface area contributed by atoms with E-state index in [1.807, 2.05) is 0 Å². The zero-order valence-electron chi connectivity index (χ0n) is 14.3. The van der Waals surface area contributed by atoms with Crippen LogP contribution < -0.4 is 11.1 Å². The van der Waals surface area contributed by atoms with Crippen molar-refractivity contribution in [1.82, 2.24) is 5.32 Å². The van der Waals surface area contributed by atoms with Gasteiger partial charge in [-0.3, -0.25) is 4.79 Å². The van der Waals surface area contributed by atoms with Gasteiger partial charge in [0.25, 0.3) is 0 Å². The van der Waals surface area contributed by atoms with Gasteiger partial charge in [-0.15, -0.1) is 12.4 Å². The lowest BCUT2D eigenvalue weighted by atomic mass is 9.95. The number of benzene rings is 1. The van der Waals surface area contributed by atoms with E-state index in [0.29, 0.717) is 24.3 Å². The first-order chi connectivity index (χ1) is 10.4. The highest BCUT2D eigenvalue weighted by molar-refractivity contribution is 5.85. The Morgan fingerprint density at radius 3 is 2.39 bits per heavy atom. The van der Waals surface area contributed by atoms with Crippen LogP contribution in [-0.2, 0) is 4.79 Å². The fraction of sp³-hybridized carbons (Fsp3) is 0.632. The van der Waals surface area contributed by atoms with Gasteiger partial charge in [0.05, 0.1) is 5.54 Å². The van der Waals surface area contributed by atoms with E-state index in [2.05, 4.69) is 50.4 Å². The van der Waals surface area contributed by atoms with Gasteiger partial charge in [-0.05, 0) is 55.1 Å². The van der Waals surface area contributed by atoms with Gasteiger partial charge in [-0.1, -0.05) is 38.1 Å². The summed E-state index contributed by atoms with van der Waals surface area (Å²) in [5.41, 5.74) is 8.34. The number of amides is 1. The molecule has 2 fully saturated rings. The number of carbonyl (C=O) groups is 1. The van der Waals surface area contributed by atoms with Crippen LogP contribution in [0.4, 0.5) is 0 Å². The lowest BCUT2D eigenvalue weighted by Crippen LogP contribution is -2.53. The third kappa shape index (κ3) is 3.89. The molecule has 0 heterocycles. The molecule has 2 saturated carbocycles. The lowest BCUT2D eigenvalue weighted by molar-refractivity contribution is -0.124. The molecule has 4 heteroatoms. The Labute approximate surface area is 145 Å². The largest absolute Gasteiger partial charge is 0.349 e. The van der Waals surface area contributed by atoms with Crippen molar-refractivity contribution < 1.29 is 4.79 Å². The number of nitrogens with one attached hydrogen (secondary N) is 1. The Balaban J connectivity index is 0.00000192. The first-order valence-corrected chi connectivity index (χ1v) is 8.56. The highest BCUT2D eigenvalue weighted by Crippen LogP contribution is 2.48. The Bertz CT molecular complexity index is 553. The molecule has 3 atom stereocenters. The molecule has 2 aliphatic carbocycles. The van der Waals surface area contributed by atoms with Gasteiger partial charge < -0.3 is 11.1 Å². The van der Waals surface area contributed by atoms with E-state index < -0.39 is 0 Å². The van der Waals surface area contributed by atoms with Crippen LogP contribution in [0, 0.1) is 11.8 Å². The normalized spacial score (nSPS) is 25.4. The first-order valence-electron chi connectivity index (χ1n) is 8.56. The van der Waals surface area contributed by atoms with Crippen LogP contribution in [0.5, 0.6) is 0 Å². The van der Waals surface area contributed by atoms with Gasteiger partial charge in [0.1, 0.15) is 0 Å². The summed E-state index contributed by atoms with van der Waals surface area (Å²) in [5, 5.41) is 3.23. The van der Waals surface area contributed by atoms with Crippen LogP contribution in [0.1, 0.15) is 63.0 Å². The quantitative estimate of drug-likeness (QED) is 0.834. The maximum Gasteiger partial charge on any atom is 0.224 e. The van der Waals surface area contributed by atoms with Gasteiger partial charge in [-0.2, -0.15) is 0 Å². The molecule has 0 spiro atoms. The smallest absolute Gasteiger partial charge is 0.224 e. The van der Waals surface area contributed by atoms with E-state index in [0.717, 1.165) is 6.42 Å². The van der Waals surface area contributed by atoms with Crippen molar-refractivity contribution in [3.63, 3.8) is 0 Å². The summed E-state index contributed by atoms with van der Waals surface area (Å²) in [6.07, 6.45) is 3.36. The van der Waals surface area contributed by atoms with Crippen molar-refractivity contribution in [2.75, 3.05) is 6.54 Å². The Kier molecular flexibility index (Phi) is 5.42. The third-order valence-corrected chi connectivity index (χ3v) is 5.47. The van der Waals surface area contributed by atoms with Gasteiger partial charge in [0.2, 0.25) is 5.91 Å². The summed E-state index contributed by atoms with van der Waals surface area (Å²) < 4.78 is 0. The molecule has 128 valence electrons. The SMILES string of the molecule is CC(C)c1ccc(C2CC2C(=O)NC(C)(CN)C2CC2)cc1.Cl. The number of halogens is 1. The Hall–Kier alpha value is -1.06. The molecule has 3 nitrogen and oxygen atoms in total. The summed E-state index contributed by atoms with van der Waals surface area (Å²) >= 11 is 0. The minimum atomic E-state index is -0.203. The minimum absolute atomic E-state index is 0. The van der Waals surface area contributed by atoms with Gasteiger partial charge in [0.15, 0.2) is 0 Å². The first kappa shape index (κ1) is 18.3. The Morgan fingerprint density at radius 2 is 1.91 bits per heavy atom. The van der Waals surface area contributed by atoms with Crippen molar-refractivity contribution in [2.45, 2.75) is 57.4 Å². The van der Waals surface area contributed by atoms with Crippen LogP contribution in [0.3, 0.4) is 0 Å². The molecule has 23 heavy (non-hydrogen) atoms. The van der Waals surface area contributed by atoms with Crippen LogP contribution >= 0.6 is 12.4 Å².